The van der Waals surface area contributed by atoms with E-state index in [2.05, 4.69) is 17.2 Å². The molecule has 0 unspecified atom stereocenters. The van der Waals surface area contributed by atoms with Crippen LogP contribution in [0.25, 0.3) is 0 Å². The summed E-state index contributed by atoms with van der Waals surface area (Å²) in [5, 5.41) is 4.78. The van der Waals surface area contributed by atoms with Crippen LogP contribution < -0.4 is 5.32 Å². The summed E-state index contributed by atoms with van der Waals surface area (Å²) in [7, 11) is 0. The van der Waals surface area contributed by atoms with Crippen LogP contribution in [0.1, 0.15) is 28.5 Å². The molecule has 1 heterocycles. The lowest BCUT2D eigenvalue weighted by molar-refractivity contribution is -0.115. The lowest BCUT2D eigenvalue weighted by Crippen LogP contribution is -2.14. The highest BCUT2D eigenvalue weighted by Crippen LogP contribution is 2.24. The fourth-order valence-electron chi connectivity index (χ4n) is 2.64. The maximum Gasteiger partial charge on any atom is 0.230 e. The molecule has 4 nitrogen and oxygen atoms in total. The smallest absolute Gasteiger partial charge is 0.230 e. The summed E-state index contributed by atoms with van der Waals surface area (Å²) in [5.74, 6) is 0.324. The number of nitrogens with zero attached hydrogens (tertiary/aromatic N) is 1. The minimum atomic E-state index is -0.0998. The second kappa shape index (κ2) is 10.6. The minimum Gasteiger partial charge on any atom is -0.326 e. The number of hydrogen-bond acceptors (Lipinski definition) is 6. The third-order valence-corrected chi connectivity index (χ3v) is 7.03. The molecule has 0 radical (unpaired) electrons. The van der Waals surface area contributed by atoms with Crippen molar-refractivity contribution in [2.75, 3.05) is 17.3 Å². The van der Waals surface area contributed by atoms with Crippen LogP contribution in [0.4, 0.5) is 5.69 Å². The van der Waals surface area contributed by atoms with Crippen molar-refractivity contribution in [3.63, 3.8) is 0 Å². The van der Waals surface area contributed by atoms with Gasteiger partial charge in [0.1, 0.15) is 0 Å². The molecule has 2 aromatic carbocycles. The number of rotatable bonds is 9. The summed E-state index contributed by atoms with van der Waals surface area (Å²) in [6, 6.07) is 15.5. The van der Waals surface area contributed by atoms with Crippen LogP contribution in [-0.2, 0) is 17.6 Å². The first-order valence-corrected chi connectivity index (χ1v) is 12.3. The van der Waals surface area contributed by atoms with Crippen molar-refractivity contribution in [3.05, 3.63) is 70.7 Å². The molecule has 0 atom stereocenters. The van der Waals surface area contributed by atoms with E-state index in [-0.39, 0.29) is 18.1 Å². The number of Topliss-reactive ketones (excluding diaryl/α,β-unsaturated/α-hetero) is 1. The van der Waals surface area contributed by atoms with Crippen molar-refractivity contribution in [1.82, 2.24) is 4.98 Å². The number of aromatic nitrogens is 1. The van der Waals surface area contributed by atoms with E-state index >= 15 is 0 Å². The predicted octanol–water partition coefficient (Wildman–Crippen LogP) is 5.58. The van der Waals surface area contributed by atoms with E-state index in [1.165, 1.54) is 28.7 Å². The molecule has 3 rings (SSSR count). The molecule has 1 N–H and O–H groups in total. The topological polar surface area (TPSA) is 59.1 Å². The van der Waals surface area contributed by atoms with Gasteiger partial charge in [0.25, 0.3) is 0 Å². The third kappa shape index (κ3) is 6.45. The highest BCUT2D eigenvalue weighted by Gasteiger charge is 2.11. The van der Waals surface area contributed by atoms with E-state index in [1.54, 1.807) is 11.8 Å². The van der Waals surface area contributed by atoms with E-state index in [0.717, 1.165) is 32.6 Å². The van der Waals surface area contributed by atoms with E-state index in [0.29, 0.717) is 5.75 Å². The van der Waals surface area contributed by atoms with Crippen LogP contribution in [0.3, 0.4) is 0 Å². The second-order valence-electron chi connectivity index (χ2n) is 6.32. The van der Waals surface area contributed by atoms with E-state index in [9.17, 15) is 9.59 Å². The minimum absolute atomic E-state index is 0.0841. The maximum absolute atomic E-state index is 12.3. The number of hydrogen-bond donors (Lipinski definition) is 1. The first-order valence-electron chi connectivity index (χ1n) is 9.20. The van der Waals surface area contributed by atoms with Crippen molar-refractivity contribution in [2.45, 2.75) is 29.0 Å². The number of anilines is 1. The van der Waals surface area contributed by atoms with E-state index in [1.807, 2.05) is 60.2 Å². The van der Waals surface area contributed by atoms with Gasteiger partial charge in [0.05, 0.1) is 17.9 Å². The van der Waals surface area contributed by atoms with Gasteiger partial charge in [0.2, 0.25) is 5.91 Å². The van der Waals surface area contributed by atoms with Gasteiger partial charge in [-0.1, -0.05) is 49.0 Å². The van der Waals surface area contributed by atoms with Crippen molar-refractivity contribution < 1.29 is 9.59 Å². The zero-order valence-electron chi connectivity index (χ0n) is 16.3. The van der Waals surface area contributed by atoms with E-state index < -0.39 is 0 Å². The average molecular weight is 443 g/mol. The van der Waals surface area contributed by atoms with Gasteiger partial charge in [0, 0.05) is 21.5 Å². The van der Waals surface area contributed by atoms with Crippen LogP contribution in [0, 0.1) is 0 Å². The Kier molecular flexibility index (Phi) is 7.91. The third-order valence-electron chi connectivity index (χ3n) is 4.24. The molecular weight excluding hydrogens is 420 g/mol. The second-order valence-corrected chi connectivity index (χ2v) is 9.28. The van der Waals surface area contributed by atoms with Crippen LogP contribution >= 0.6 is 34.9 Å². The Morgan fingerprint density at radius 1 is 1.14 bits per heavy atom. The molecule has 1 amide bonds. The average Bonchev–Trinajstić information content (AvgIpc) is 3.19. The summed E-state index contributed by atoms with van der Waals surface area (Å²) in [6.07, 6.45) is 3.18. The molecule has 0 saturated heterocycles. The highest BCUT2D eigenvalue weighted by molar-refractivity contribution is 8.01. The van der Waals surface area contributed by atoms with Gasteiger partial charge in [-0.3, -0.25) is 9.59 Å². The van der Waals surface area contributed by atoms with Crippen molar-refractivity contribution in [1.29, 1.82) is 0 Å². The zero-order valence-corrected chi connectivity index (χ0v) is 18.8. The number of aryl methyl sites for hydroxylation is 1. The molecule has 0 aliphatic carbocycles. The molecular formula is C22H22N2O2S3. The molecule has 1 aromatic heterocycles. The first kappa shape index (κ1) is 21.6. The summed E-state index contributed by atoms with van der Waals surface area (Å²) < 4.78 is 0.802. The monoisotopic (exact) mass is 442 g/mol. The summed E-state index contributed by atoms with van der Waals surface area (Å²) in [4.78, 5) is 30.2. The Balaban J connectivity index is 1.50. The Hall–Kier alpha value is -2.09. The molecule has 0 saturated carbocycles. The number of amides is 1. The summed E-state index contributed by atoms with van der Waals surface area (Å²) in [5.41, 5.74) is 3.44. The van der Waals surface area contributed by atoms with Gasteiger partial charge < -0.3 is 5.32 Å². The molecule has 3 aromatic rings. The Morgan fingerprint density at radius 2 is 1.93 bits per heavy atom. The number of carbonyl (C=O) groups is 2. The Morgan fingerprint density at radius 3 is 2.66 bits per heavy atom. The zero-order chi connectivity index (χ0) is 20.6. The van der Waals surface area contributed by atoms with Crippen molar-refractivity contribution in [2.24, 2.45) is 0 Å². The lowest BCUT2D eigenvalue weighted by Gasteiger charge is -2.05. The van der Waals surface area contributed by atoms with Crippen LogP contribution in [-0.4, -0.2) is 28.7 Å². The normalized spacial score (nSPS) is 10.7. The van der Waals surface area contributed by atoms with Crippen LogP contribution in [0.2, 0.25) is 0 Å². The fourth-order valence-corrected chi connectivity index (χ4v) is 4.84. The van der Waals surface area contributed by atoms with Gasteiger partial charge in [-0.25, -0.2) is 4.98 Å². The number of thiazole rings is 1. The van der Waals surface area contributed by atoms with Crippen LogP contribution in [0.5, 0.6) is 0 Å². The summed E-state index contributed by atoms with van der Waals surface area (Å²) >= 11 is 4.51. The highest BCUT2D eigenvalue weighted by atomic mass is 32.2. The molecule has 0 bridgehead atoms. The van der Waals surface area contributed by atoms with Crippen molar-refractivity contribution >= 4 is 52.2 Å². The van der Waals surface area contributed by atoms with Crippen molar-refractivity contribution in [3.8, 4) is 0 Å². The van der Waals surface area contributed by atoms with Gasteiger partial charge in [-0.05, 0) is 36.4 Å². The maximum atomic E-state index is 12.3. The molecule has 0 fully saturated rings. The molecule has 29 heavy (non-hydrogen) atoms. The quantitative estimate of drug-likeness (QED) is 0.346. The number of ketones is 1. The first-order chi connectivity index (χ1) is 14.1. The molecule has 0 spiro atoms. The number of thioether (sulfide) groups is 2. The number of nitrogens with one attached hydrogen (secondary N) is 1. The largest absolute Gasteiger partial charge is 0.326 e. The summed E-state index contributed by atoms with van der Waals surface area (Å²) in [6.45, 7) is 2.09. The number of benzene rings is 2. The standard InChI is InChI=1S/C22H22N2O2S3/c1-3-15-7-9-16(10-8-15)20(25)14-29-22-24-18(13-28-22)12-21(26)23-17-5-4-6-19(11-17)27-2/h4-11,13H,3,12,14H2,1-2H3,(H,23,26). The SMILES string of the molecule is CCc1ccc(C(=O)CSc2nc(CC(=O)Nc3cccc(SC)c3)cs2)cc1. The van der Waals surface area contributed by atoms with Gasteiger partial charge in [-0.15, -0.1) is 23.1 Å². The van der Waals surface area contributed by atoms with Gasteiger partial charge in [0.15, 0.2) is 10.1 Å². The fraction of sp³-hybridized carbons (Fsp3) is 0.227. The molecule has 0 aliphatic rings. The number of carbonyl (C=O) groups excluding carboxylic acids is 2. The molecule has 0 aliphatic heterocycles. The Bertz CT molecular complexity index is 984. The predicted molar refractivity (Wildman–Crippen MR) is 124 cm³/mol. The molecule has 7 heteroatoms. The Labute approximate surface area is 183 Å². The van der Waals surface area contributed by atoms with Gasteiger partial charge >= 0.3 is 0 Å². The van der Waals surface area contributed by atoms with Crippen LogP contribution in [0.15, 0.2) is 63.1 Å². The van der Waals surface area contributed by atoms with E-state index in [4.69, 9.17) is 0 Å². The lowest BCUT2D eigenvalue weighted by atomic mass is 10.1. The molecule has 150 valence electrons. The van der Waals surface area contributed by atoms with Gasteiger partial charge in [-0.2, -0.15) is 0 Å².